The molecule has 6 nitrogen and oxygen atoms in total. The molecule has 0 N–H and O–H groups in total. The zero-order chi connectivity index (χ0) is 20.7. The molecule has 0 radical (unpaired) electrons. The summed E-state index contributed by atoms with van der Waals surface area (Å²) >= 11 is 1.67. The topological polar surface area (TPSA) is 53.7 Å². The fourth-order valence-corrected chi connectivity index (χ4v) is 5.82. The molecule has 30 heavy (non-hydrogen) atoms. The second-order valence-corrected chi connectivity index (χ2v) is 9.83. The van der Waals surface area contributed by atoms with Crippen LogP contribution in [-0.2, 0) is 17.9 Å². The van der Waals surface area contributed by atoms with Crippen LogP contribution in [0.3, 0.4) is 0 Å². The van der Waals surface area contributed by atoms with Gasteiger partial charge in [0.1, 0.15) is 5.65 Å². The first-order chi connectivity index (χ1) is 14.5. The summed E-state index contributed by atoms with van der Waals surface area (Å²) in [6, 6.07) is 6.16. The summed E-state index contributed by atoms with van der Waals surface area (Å²) in [7, 11) is 0. The highest BCUT2D eigenvalue weighted by Gasteiger charge is 2.45. The van der Waals surface area contributed by atoms with Crippen LogP contribution >= 0.6 is 11.3 Å². The predicted molar refractivity (Wildman–Crippen MR) is 118 cm³/mol. The van der Waals surface area contributed by atoms with Crippen molar-refractivity contribution < 1.29 is 4.79 Å². The van der Waals surface area contributed by atoms with Gasteiger partial charge in [0.25, 0.3) is 0 Å². The third-order valence-corrected chi connectivity index (χ3v) is 7.74. The van der Waals surface area contributed by atoms with Crippen molar-refractivity contribution in [1.82, 2.24) is 24.2 Å². The number of rotatable bonds is 4. The number of thiazole rings is 1. The lowest BCUT2D eigenvalue weighted by Crippen LogP contribution is -2.46. The zero-order valence-corrected chi connectivity index (χ0v) is 18.6. The van der Waals surface area contributed by atoms with Crippen molar-refractivity contribution in [2.24, 2.45) is 0 Å². The van der Waals surface area contributed by atoms with E-state index in [1.54, 1.807) is 11.3 Å². The van der Waals surface area contributed by atoms with Crippen molar-refractivity contribution in [2.45, 2.75) is 64.6 Å². The van der Waals surface area contributed by atoms with Gasteiger partial charge in [-0.25, -0.2) is 9.97 Å². The Morgan fingerprint density at radius 3 is 2.80 bits per heavy atom. The number of carbonyl (C=O) groups is 1. The first-order valence-corrected chi connectivity index (χ1v) is 11.8. The Bertz CT molecular complexity index is 1070. The minimum atomic E-state index is -0.00267. The summed E-state index contributed by atoms with van der Waals surface area (Å²) < 4.78 is 2.17. The second-order valence-electron chi connectivity index (χ2n) is 8.76. The number of likely N-dealkylation sites (tertiary alicyclic amines) is 2. The third kappa shape index (κ3) is 3.54. The van der Waals surface area contributed by atoms with Crippen LogP contribution in [0, 0.1) is 13.8 Å². The highest BCUT2D eigenvalue weighted by Crippen LogP contribution is 2.40. The van der Waals surface area contributed by atoms with Gasteiger partial charge in [-0.05, 0) is 58.2 Å². The van der Waals surface area contributed by atoms with Gasteiger partial charge in [0.15, 0.2) is 0 Å². The van der Waals surface area contributed by atoms with E-state index in [1.165, 1.54) is 5.69 Å². The van der Waals surface area contributed by atoms with Crippen LogP contribution in [0.4, 0.5) is 0 Å². The molecule has 1 spiro atoms. The van der Waals surface area contributed by atoms with Crippen LogP contribution < -0.4 is 0 Å². The highest BCUT2D eigenvalue weighted by molar-refractivity contribution is 7.09. The first kappa shape index (κ1) is 19.7. The lowest BCUT2D eigenvalue weighted by atomic mass is 9.87. The molecule has 7 heteroatoms. The maximum absolute atomic E-state index is 12.8. The van der Waals surface area contributed by atoms with E-state index in [0.717, 1.165) is 67.4 Å². The molecule has 2 fully saturated rings. The van der Waals surface area contributed by atoms with Crippen LogP contribution in [-0.4, -0.2) is 48.7 Å². The van der Waals surface area contributed by atoms with Gasteiger partial charge in [-0.3, -0.25) is 9.69 Å². The van der Waals surface area contributed by atoms with Crippen molar-refractivity contribution in [3.63, 3.8) is 0 Å². The number of hydrogen-bond donors (Lipinski definition) is 0. The van der Waals surface area contributed by atoms with E-state index in [2.05, 4.69) is 49.8 Å². The molecule has 0 bridgehead atoms. The monoisotopic (exact) mass is 423 g/mol. The maximum atomic E-state index is 12.8. The third-order valence-electron chi connectivity index (χ3n) is 6.91. The fraction of sp³-hybridized carbons (Fsp3) is 0.522. The molecular formula is C23H29N5OS. The van der Waals surface area contributed by atoms with Crippen LogP contribution in [0.15, 0.2) is 29.8 Å². The Kier molecular flexibility index (Phi) is 5.11. The number of aromatic nitrogens is 3. The summed E-state index contributed by atoms with van der Waals surface area (Å²) in [5, 5.41) is 3.17. The molecule has 5 rings (SSSR count). The summed E-state index contributed by atoms with van der Waals surface area (Å²) in [4.78, 5) is 26.9. The largest absolute Gasteiger partial charge is 0.331 e. The van der Waals surface area contributed by atoms with E-state index in [9.17, 15) is 4.79 Å². The number of fused-ring (bicyclic) bond motifs is 1. The molecule has 1 atom stereocenters. The Labute approximate surface area is 181 Å². The van der Waals surface area contributed by atoms with Gasteiger partial charge in [-0.2, -0.15) is 0 Å². The molecule has 3 aromatic rings. The number of nitrogens with zero attached hydrogens (tertiary/aromatic N) is 5. The molecule has 0 saturated carbocycles. The van der Waals surface area contributed by atoms with Gasteiger partial charge in [-0.1, -0.05) is 6.07 Å². The summed E-state index contributed by atoms with van der Waals surface area (Å²) in [6.45, 7) is 7.79. The lowest BCUT2D eigenvalue weighted by molar-refractivity contribution is -0.132. The van der Waals surface area contributed by atoms with Crippen molar-refractivity contribution in [3.05, 3.63) is 51.9 Å². The summed E-state index contributed by atoms with van der Waals surface area (Å²) in [5.41, 5.74) is 4.43. The number of imidazole rings is 1. The number of pyridine rings is 1. The number of amides is 1. The highest BCUT2D eigenvalue weighted by atomic mass is 32.1. The van der Waals surface area contributed by atoms with Crippen molar-refractivity contribution in [3.8, 4) is 0 Å². The number of carbonyl (C=O) groups excluding carboxylic acids is 1. The summed E-state index contributed by atoms with van der Waals surface area (Å²) in [5.74, 6) is 0.297. The average molecular weight is 424 g/mol. The SMILES string of the molecule is Cc1nc(CN2C(=O)CCC23CCCN(Cc2nc4ccccn4c2C)CC3)cs1. The Hall–Kier alpha value is -2.25. The molecule has 1 amide bonds. The van der Waals surface area contributed by atoms with Gasteiger partial charge in [0.05, 0.1) is 22.9 Å². The Morgan fingerprint density at radius 2 is 2.00 bits per heavy atom. The van der Waals surface area contributed by atoms with E-state index in [1.807, 2.05) is 13.0 Å². The minimum absolute atomic E-state index is 0.00267. The smallest absolute Gasteiger partial charge is 0.223 e. The van der Waals surface area contributed by atoms with E-state index in [4.69, 9.17) is 4.98 Å². The first-order valence-electron chi connectivity index (χ1n) is 10.9. The van der Waals surface area contributed by atoms with E-state index < -0.39 is 0 Å². The second kappa shape index (κ2) is 7.78. The molecule has 2 aliphatic rings. The molecular weight excluding hydrogens is 394 g/mol. The van der Waals surface area contributed by atoms with Gasteiger partial charge in [0.2, 0.25) is 5.91 Å². The summed E-state index contributed by atoms with van der Waals surface area (Å²) in [6.07, 6.45) is 6.98. The van der Waals surface area contributed by atoms with E-state index in [-0.39, 0.29) is 5.54 Å². The average Bonchev–Trinajstić information content (AvgIpc) is 3.33. The Balaban J connectivity index is 1.31. The molecule has 1 unspecified atom stereocenters. The van der Waals surface area contributed by atoms with E-state index >= 15 is 0 Å². The van der Waals surface area contributed by atoms with Gasteiger partial charge >= 0.3 is 0 Å². The normalized spacial score (nSPS) is 23.0. The van der Waals surface area contributed by atoms with Crippen molar-refractivity contribution in [1.29, 1.82) is 0 Å². The van der Waals surface area contributed by atoms with Crippen LogP contribution in [0.2, 0.25) is 0 Å². The lowest BCUT2D eigenvalue weighted by Gasteiger charge is -2.38. The van der Waals surface area contributed by atoms with Gasteiger partial charge in [-0.15, -0.1) is 11.3 Å². The fourth-order valence-electron chi connectivity index (χ4n) is 5.21. The quantitative estimate of drug-likeness (QED) is 0.638. The number of hydrogen-bond acceptors (Lipinski definition) is 5. The molecule has 2 saturated heterocycles. The maximum Gasteiger partial charge on any atom is 0.223 e. The number of aryl methyl sites for hydroxylation is 2. The molecule has 5 heterocycles. The van der Waals surface area contributed by atoms with Crippen LogP contribution in [0.25, 0.3) is 5.65 Å². The van der Waals surface area contributed by atoms with Crippen LogP contribution in [0.1, 0.15) is 54.2 Å². The Morgan fingerprint density at radius 1 is 1.10 bits per heavy atom. The van der Waals surface area contributed by atoms with E-state index in [0.29, 0.717) is 18.9 Å². The van der Waals surface area contributed by atoms with Crippen molar-refractivity contribution in [2.75, 3.05) is 13.1 Å². The molecule has 2 aliphatic heterocycles. The predicted octanol–water partition coefficient (Wildman–Crippen LogP) is 3.95. The minimum Gasteiger partial charge on any atom is -0.331 e. The van der Waals surface area contributed by atoms with Gasteiger partial charge in [0, 0.05) is 42.3 Å². The molecule has 0 aliphatic carbocycles. The molecule has 3 aromatic heterocycles. The van der Waals surface area contributed by atoms with Gasteiger partial charge < -0.3 is 9.30 Å². The molecule has 0 aromatic carbocycles. The van der Waals surface area contributed by atoms with Crippen molar-refractivity contribution >= 4 is 22.9 Å². The molecule has 158 valence electrons. The zero-order valence-electron chi connectivity index (χ0n) is 17.8. The van der Waals surface area contributed by atoms with Crippen LogP contribution in [0.5, 0.6) is 0 Å². The standard InChI is InChI=1S/C23H29N5OS/c1-17-20(25-21-6-3-4-12-27(17)21)15-26-11-5-8-23(10-13-26)9-7-22(29)28(23)14-19-16-30-18(2)24-19/h3-4,6,12,16H,5,7-11,13-15H2,1-2H3.